The van der Waals surface area contributed by atoms with Gasteiger partial charge in [-0.2, -0.15) is 0 Å². The lowest BCUT2D eigenvalue weighted by atomic mass is 10.1. The number of hydrogen-bond donors (Lipinski definition) is 1. The Morgan fingerprint density at radius 1 is 1.27 bits per heavy atom. The molecule has 1 aromatic rings. The van der Waals surface area contributed by atoms with Gasteiger partial charge < -0.3 is 10.2 Å². The van der Waals surface area contributed by atoms with Gasteiger partial charge in [0.15, 0.2) is 0 Å². The smallest absolute Gasteiger partial charge is 0.132 e. The van der Waals surface area contributed by atoms with Gasteiger partial charge in [-0.05, 0) is 50.6 Å². The zero-order valence-electron chi connectivity index (χ0n) is 13.3. The highest BCUT2D eigenvalue weighted by Gasteiger charge is 2.10. The Balaban J connectivity index is 2.19. The maximum atomic E-state index is 14.0. The molecule has 1 heterocycles. The van der Waals surface area contributed by atoms with Gasteiger partial charge in [0, 0.05) is 29.4 Å². The van der Waals surface area contributed by atoms with Gasteiger partial charge in [0.25, 0.3) is 0 Å². The molecule has 0 unspecified atom stereocenters. The summed E-state index contributed by atoms with van der Waals surface area (Å²) in [5.74, 6) is -0.275. The molecule has 2 nitrogen and oxygen atoms in total. The highest BCUT2D eigenvalue weighted by molar-refractivity contribution is 5.65. The molecule has 3 heteroatoms. The van der Waals surface area contributed by atoms with Gasteiger partial charge in [0.05, 0.1) is 5.70 Å². The lowest BCUT2D eigenvalue weighted by molar-refractivity contribution is 0.619. The summed E-state index contributed by atoms with van der Waals surface area (Å²) in [7, 11) is 0. The van der Waals surface area contributed by atoms with Gasteiger partial charge in [-0.1, -0.05) is 24.8 Å². The van der Waals surface area contributed by atoms with Gasteiger partial charge in [-0.15, -0.1) is 0 Å². The fourth-order valence-electron chi connectivity index (χ4n) is 2.13. The number of allylic oxidation sites excluding steroid dienone is 3. The maximum absolute atomic E-state index is 14.0. The van der Waals surface area contributed by atoms with E-state index in [-0.39, 0.29) is 5.82 Å². The Labute approximate surface area is 131 Å². The number of nitrogens with one attached hydrogen (secondary N) is 1. The van der Waals surface area contributed by atoms with Gasteiger partial charge in [-0.3, -0.25) is 0 Å². The molecule has 0 saturated heterocycles. The normalized spacial score (nSPS) is 13.7. The number of benzene rings is 1. The third kappa shape index (κ3) is 3.76. The Morgan fingerprint density at radius 3 is 2.64 bits per heavy atom. The predicted molar refractivity (Wildman–Crippen MR) is 90.9 cm³/mol. The van der Waals surface area contributed by atoms with Crippen molar-refractivity contribution in [3.8, 4) is 0 Å². The molecule has 0 radical (unpaired) electrons. The minimum Gasteiger partial charge on any atom is -0.354 e. The van der Waals surface area contributed by atoms with Crippen LogP contribution in [-0.2, 0) is 0 Å². The second-order valence-electron chi connectivity index (χ2n) is 5.61. The molecule has 0 fully saturated rings. The second kappa shape index (κ2) is 6.48. The molecule has 0 amide bonds. The molecule has 1 N–H and O–H groups in total. The number of aryl methyl sites for hydroxylation is 1. The van der Waals surface area contributed by atoms with E-state index in [0.29, 0.717) is 11.3 Å². The molecule has 0 saturated carbocycles. The molecular formula is C19H21FN2. The molecule has 22 heavy (non-hydrogen) atoms. The standard InChI is InChI=1S/C19H21FN2/c1-13(2)11-22-12-17(8-7-15(22)4)21-16(5)18-9-6-14(3)10-19(18)20/h6-12,21H,4-5H2,1-3H3. The van der Waals surface area contributed by atoms with Gasteiger partial charge in [0.2, 0.25) is 0 Å². The molecule has 0 aliphatic carbocycles. The van der Waals surface area contributed by atoms with Crippen molar-refractivity contribution in [1.29, 1.82) is 0 Å². The van der Waals surface area contributed by atoms with Crippen molar-refractivity contribution in [3.05, 3.63) is 89.8 Å². The van der Waals surface area contributed by atoms with Crippen LogP contribution in [-0.4, -0.2) is 4.90 Å². The molecular weight excluding hydrogens is 275 g/mol. The summed E-state index contributed by atoms with van der Waals surface area (Å²) in [6, 6.07) is 5.11. The summed E-state index contributed by atoms with van der Waals surface area (Å²) in [4.78, 5) is 1.93. The van der Waals surface area contributed by atoms with E-state index in [1.54, 1.807) is 6.07 Å². The van der Waals surface area contributed by atoms with Crippen LogP contribution in [0.2, 0.25) is 0 Å². The number of nitrogens with zero attached hydrogens (tertiary/aromatic N) is 1. The molecule has 1 aliphatic heterocycles. The zero-order valence-corrected chi connectivity index (χ0v) is 13.3. The third-order valence-electron chi connectivity index (χ3n) is 3.21. The number of hydrogen-bond acceptors (Lipinski definition) is 2. The fourth-order valence-corrected chi connectivity index (χ4v) is 2.13. The minimum absolute atomic E-state index is 0.275. The summed E-state index contributed by atoms with van der Waals surface area (Å²) < 4.78 is 14.0. The lowest BCUT2D eigenvalue weighted by Gasteiger charge is -2.23. The average molecular weight is 296 g/mol. The summed E-state index contributed by atoms with van der Waals surface area (Å²) in [5, 5.41) is 3.15. The van der Waals surface area contributed by atoms with E-state index in [1.807, 2.05) is 56.3 Å². The summed E-state index contributed by atoms with van der Waals surface area (Å²) in [5.41, 5.74) is 4.75. The Morgan fingerprint density at radius 2 is 2.00 bits per heavy atom. The highest BCUT2D eigenvalue weighted by Crippen LogP contribution is 2.20. The monoisotopic (exact) mass is 296 g/mol. The van der Waals surface area contributed by atoms with Crippen molar-refractivity contribution in [2.24, 2.45) is 0 Å². The Kier molecular flexibility index (Phi) is 4.66. The van der Waals surface area contributed by atoms with Crippen LogP contribution >= 0.6 is 0 Å². The quantitative estimate of drug-likeness (QED) is 0.855. The molecule has 2 rings (SSSR count). The Bertz CT molecular complexity index is 704. The first-order valence-electron chi connectivity index (χ1n) is 7.11. The molecule has 1 aliphatic rings. The van der Waals surface area contributed by atoms with Gasteiger partial charge >= 0.3 is 0 Å². The predicted octanol–water partition coefficient (Wildman–Crippen LogP) is 4.85. The van der Waals surface area contributed by atoms with Crippen LogP contribution in [0.15, 0.2) is 72.9 Å². The van der Waals surface area contributed by atoms with Crippen LogP contribution < -0.4 is 5.32 Å². The fraction of sp³-hybridized carbons (Fsp3) is 0.158. The van der Waals surface area contributed by atoms with Crippen LogP contribution in [0.4, 0.5) is 4.39 Å². The van der Waals surface area contributed by atoms with E-state index >= 15 is 0 Å². The molecule has 0 bridgehead atoms. The number of halogens is 1. The minimum atomic E-state index is -0.275. The van der Waals surface area contributed by atoms with E-state index in [1.165, 1.54) is 6.07 Å². The van der Waals surface area contributed by atoms with Crippen LogP contribution in [0.5, 0.6) is 0 Å². The van der Waals surface area contributed by atoms with Gasteiger partial charge in [0.1, 0.15) is 5.82 Å². The number of rotatable bonds is 4. The molecule has 0 spiro atoms. The molecule has 114 valence electrons. The SMILES string of the molecule is C=C(NC1=CN(C=C(C)C)C(=C)C=C1)c1ccc(C)cc1F. The zero-order chi connectivity index (χ0) is 16.3. The van der Waals surface area contributed by atoms with Crippen molar-refractivity contribution < 1.29 is 4.39 Å². The van der Waals surface area contributed by atoms with Crippen molar-refractivity contribution in [3.63, 3.8) is 0 Å². The molecule has 0 atom stereocenters. The summed E-state index contributed by atoms with van der Waals surface area (Å²) in [6.45, 7) is 13.8. The largest absolute Gasteiger partial charge is 0.354 e. The van der Waals surface area contributed by atoms with E-state index in [2.05, 4.69) is 18.5 Å². The first-order valence-corrected chi connectivity index (χ1v) is 7.11. The molecule has 0 aromatic heterocycles. The highest BCUT2D eigenvalue weighted by atomic mass is 19.1. The second-order valence-corrected chi connectivity index (χ2v) is 5.61. The van der Waals surface area contributed by atoms with Crippen molar-refractivity contribution in [2.75, 3.05) is 0 Å². The van der Waals surface area contributed by atoms with Crippen molar-refractivity contribution >= 4 is 5.70 Å². The lowest BCUT2D eigenvalue weighted by Crippen LogP contribution is -2.18. The summed E-state index contributed by atoms with van der Waals surface area (Å²) in [6.07, 6.45) is 7.70. The third-order valence-corrected chi connectivity index (χ3v) is 3.21. The van der Waals surface area contributed by atoms with Gasteiger partial charge in [-0.25, -0.2) is 4.39 Å². The van der Waals surface area contributed by atoms with E-state index in [9.17, 15) is 4.39 Å². The maximum Gasteiger partial charge on any atom is 0.132 e. The van der Waals surface area contributed by atoms with Crippen LogP contribution in [0.25, 0.3) is 5.70 Å². The van der Waals surface area contributed by atoms with Crippen LogP contribution in [0.1, 0.15) is 25.0 Å². The topological polar surface area (TPSA) is 15.3 Å². The van der Waals surface area contributed by atoms with Crippen molar-refractivity contribution in [1.82, 2.24) is 10.2 Å². The van der Waals surface area contributed by atoms with Crippen LogP contribution in [0, 0.1) is 12.7 Å². The molecule has 1 aromatic carbocycles. The van der Waals surface area contributed by atoms with Crippen LogP contribution in [0.3, 0.4) is 0 Å². The van der Waals surface area contributed by atoms with Crippen molar-refractivity contribution in [2.45, 2.75) is 20.8 Å². The summed E-state index contributed by atoms with van der Waals surface area (Å²) >= 11 is 0. The average Bonchev–Trinajstić information content (AvgIpc) is 2.41. The Hall–Kier alpha value is -2.55. The van der Waals surface area contributed by atoms with E-state index in [4.69, 9.17) is 0 Å². The van der Waals surface area contributed by atoms with E-state index < -0.39 is 0 Å². The first kappa shape index (κ1) is 15.8. The van der Waals surface area contributed by atoms with E-state index in [0.717, 1.165) is 22.5 Å². The first-order chi connectivity index (χ1) is 10.4.